The zero-order valence-corrected chi connectivity index (χ0v) is 18.2. The summed E-state index contributed by atoms with van der Waals surface area (Å²) in [4.78, 5) is 26.6. The maximum absolute atomic E-state index is 11.7. The van der Waals surface area contributed by atoms with Crippen molar-refractivity contribution in [3.8, 4) is 23.3 Å². The van der Waals surface area contributed by atoms with Crippen LogP contribution in [-0.4, -0.2) is 25.5 Å². The van der Waals surface area contributed by atoms with E-state index in [0.29, 0.717) is 11.1 Å². The van der Waals surface area contributed by atoms with Crippen molar-refractivity contribution in [1.82, 2.24) is 4.98 Å². The number of nitrogen functional groups attached to an aromatic ring is 1. The first-order valence-corrected chi connectivity index (χ1v) is 10.1. The van der Waals surface area contributed by atoms with Gasteiger partial charge in [-0.2, -0.15) is 10.5 Å². The molecule has 0 radical (unpaired) electrons. The highest BCUT2D eigenvalue weighted by Gasteiger charge is 2.23. The molecule has 9 heteroatoms. The predicted molar refractivity (Wildman–Crippen MR) is 123 cm³/mol. The zero-order chi connectivity index (χ0) is 23.5. The van der Waals surface area contributed by atoms with E-state index in [9.17, 15) is 20.2 Å². The van der Waals surface area contributed by atoms with E-state index in [4.69, 9.17) is 5.73 Å². The minimum atomic E-state index is -0.599. The fourth-order valence-corrected chi connectivity index (χ4v) is 3.80. The fourth-order valence-electron chi connectivity index (χ4n) is 2.80. The summed E-state index contributed by atoms with van der Waals surface area (Å²) in [5.74, 6) is -0.0423. The molecule has 0 aliphatic heterocycles. The third-order valence-corrected chi connectivity index (χ3v) is 5.32. The Morgan fingerprint density at radius 3 is 2.16 bits per heavy atom. The van der Waals surface area contributed by atoms with Crippen LogP contribution >= 0.6 is 11.8 Å². The van der Waals surface area contributed by atoms with E-state index in [-0.39, 0.29) is 27.7 Å². The van der Waals surface area contributed by atoms with Crippen LogP contribution in [0.4, 0.5) is 11.5 Å². The van der Waals surface area contributed by atoms with E-state index in [1.54, 1.807) is 38.5 Å². The Labute approximate surface area is 189 Å². The molecule has 0 spiro atoms. The number of anilines is 1. The van der Waals surface area contributed by atoms with Crippen molar-refractivity contribution in [1.29, 1.82) is 10.5 Å². The Morgan fingerprint density at radius 2 is 1.66 bits per heavy atom. The van der Waals surface area contributed by atoms with E-state index in [0.717, 1.165) is 23.6 Å². The molecule has 2 N–H and O–H groups in total. The van der Waals surface area contributed by atoms with Crippen LogP contribution < -0.4 is 5.73 Å². The van der Waals surface area contributed by atoms with Crippen LogP contribution in [0.25, 0.3) is 11.1 Å². The summed E-state index contributed by atoms with van der Waals surface area (Å²) in [6.45, 7) is 0. The first-order valence-electron chi connectivity index (χ1n) is 9.19. The monoisotopic (exact) mass is 445 g/mol. The molecule has 0 aliphatic rings. The molecule has 3 rings (SSSR count). The molecule has 3 aromatic rings. The molecule has 0 saturated heterocycles. The lowest BCUT2D eigenvalue weighted by molar-refractivity contribution is -0.107. The molecule has 1 aromatic heterocycles. The van der Waals surface area contributed by atoms with Gasteiger partial charge in [0.15, 0.2) is 0 Å². The highest BCUT2D eigenvalue weighted by Crippen LogP contribution is 2.40. The van der Waals surface area contributed by atoms with E-state index in [1.807, 2.05) is 24.3 Å². The average molecular weight is 446 g/mol. The molecular weight excluding hydrogens is 426 g/mol. The van der Waals surface area contributed by atoms with Crippen molar-refractivity contribution in [2.45, 2.75) is 10.3 Å². The summed E-state index contributed by atoms with van der Waals surface area (Å²) in [6.07, 6.45) is 0.765. The third-order valence-electron chi connectivity index (χ3n) is 4.17. The molecule has 160 valence electrons. The number of hydrogen-bond acceptors (Lipinski definition) is 9. The second-order valence-corrected chi connectivity index (χ2v) is 7.41. The number of ether oxygens (including phenoxy) is 1. The minimum Gasteiger partial charge on any atom is -0.388 e. The molecule has 0 amide bonds. The lowest BCUT2D eigenvalue weighted by atomic mass is 9.97. The van der Waals surface area contributed by atoms with Crippen LogP contribution in [0.15, 0.2) is 64.8 Å². The number of methoxy groups -OCH3 is 1. The number of hydrogen-bond donors (Lipinski definition) is 1. The van der Waals surface area contributed by atoms with Crippen molar-refractivity contribution < 1.29 is 9.53 Å². The first kappa shape index (κ1) is 24.2. The van der Waals surface area contributed by atoms with Crippen LogP contribution in [0.5, 0.6) is 0 Å². The van der Waals surface area contributed by atoms with Gasteiger partial charge in [0.25, 0.3) is 0 Å². The van der Waals surface area contributed by atoms with Gasteiger partial charge in [0.1, 0.15) is 40.5 Å². The Morgan fingerprint density at radius 1 is 1.06 bits per heavy atom. The molecule has 0 saturated carbocycles. The lowest BCUT2D eigenvalue weighted by Gasteiger charge is -2.15. The number of benzene rings is 2. The maximum atomic E-state index is 11.7. The average Bonchev–Trinajstić information content (AvgIpc) is 2.83. The molecule has 0 fully saturated rings. The zero-order valence-electron chi connectivity index (χ0n) is 17.4. The lowest BCUT2D eigenvalue weighted by Crippen LogP contribution is -2.05. The van der Waals surface area contributed by atoms with Gasteiger partial charge in [-0.1, -0.05) is 54.2 Å². The number of aldehydes is 1. The Kier molecular flexibility index (Phi) is 9.05. The standard InChI is InChI=1S/C21H13N5O2S.C2H6O/c22-10-16-19(14-6-8-15(26-28)9-7-14)17(11-23)21(25-20(16)24)29-18(12-27)13-4-2-1-3-5-13;1-3-2/h1-9,12,18H,(H2,24,25);1-2H3. The van der Waals surface area contributed by atoms with Gasteiger partial charge in [-0.3, -0.25) is 0 Å². The van der Waals surface area contributed by atoms with Crippen molar-refractivity contribution in [3.05, 3.63) is 76.2 Å². The van der Waals surface area contributed by atoms with E-state index in [2.05, 4.69) is 21.0 Å². The largest absolute Gasteiger partial charge is 0.388 e. The number of rotatable bonds is 6. The van der Waals surface area contributed by atoms with Gasteiger partial charge < -0.3 is 15.3 Å². The van der Waals surface area contributed by atoms with Crippen molar-refractivity contribution in [2.75, 3.05) is 20.0 Å². The number of nitriles is 2. The number of nitrogens with zero attached hydrogens (tertiary/aromatic N) is 4. The van der Waals surface area contributed by atoms with Gasteiger partial charge in [0.05, 0.1) is 10.8 Å². The summed E-state index contributed by atoms with van der Waals surface area (Å²) >= 11 is 1.08. The molecule has 1 heterocycles. The van der Waals surface area contributed by atoms with Crippen LogP contribution in [0.2, 0.25) is 0 Å². The first-order chi connectivity index (χ1) is 15.5. The van der Waals surface area contributed by atoms with Gasteiger partial charge in [0, 0.05) is 19.8 Å². The molecule has 1 atom stereocenters. The van der Waals surface area contributed by atoms with Crippen molar-refractivity contribution in [3.63, 3.8) is 0 Å². The van der Waals surface area contributed by atoms with Gasteiger partial charge in [0.2, 0.25) is 0 Å². The summed E-state index contributed by atoms with van der Waals surface area (Å²) in [6, 6.07) is 19.3. The van der Waals surface area contributed by atoms with Crippen LogP contribution in [0.1, 0.15) is 21.9 Å². The van der Waals surface area contributed by atoms with Crippen molar-refractivity contribution in [2.24, 2.45) is 5.18 Å². The van der Waals surface area contributed by atoms with Gasteiger partial charge >= 0.3 is 0 Å². The highest BCUT2D eigenvalue weighted by molar-refractivity contribution is 8.00. The number of carbonyl (C=O) groups is 1. The molecule has 32 heavy (non-hydrogen) atoms. The number of nitroso groups, excluding NO2 is 1. The quantitative estimate of drug-likeness (QED) is 0.325. The fraction of sp³-hybridized carbons (Fsp3) is 0.130. The smallest absolute Gasteiger partial charge is 0.143 e. The topological polar surface area (TPSA) is 142 Å². The van der Waals surface area contributed by atoms with Crippen LogP contribution in [0, 0.1) is 27.6 Å². The Balaban J connectivity index is 0.00000114. The van der Waals surface area contributed by atoms with Crippen LogP contribution in [0.3, 0.4) is 0 Å². The molecular formula is C23H19N5O3S. The van der Waals surface area contributed by atoms with Crippen molar-refractivity contribution >= 4 is 29.6 Å². The van der Waals surface area contributed by atoms with Gasteiger partial charge in [-0.05, 0) is 28.4 Å². The number of nitrogens with two attached hydrogens (primary N) is 1. The highest BCUT2D eigenvalue weighted by atomic mass is 32.2. The number of carbonyl (C=O) groups excluding carboxylic acids is 1. The normalized spacial score (nSPS) is 10.6. The predicted octanol–water partition coefficient (Wildman–Crippen LogP) is 4.77. The van der Waals surface area contributed by atoms with E-state index < -0.39 is 5.25 Å². The van der Waals surface area contributed by atoms with E-state index >= 15 is 0 Å². The minimum absolute atomic E-state index is 0.0423. The van der Waals surface area contributed by atoms with Gasteiger partial charge in [-0.15, -0.1) is 4.91 Å². The number of pyridine rings is 1. The Hall–Kier alpha value is -4.05. The summed E-state index contributed by atoms with van der Waals surface area (Å²) in [5.41, 5.74) is 7.97. The molecule has 8 nitrogen and oxygen atoms in total. The SMILES string of the molecule is COC.N#Cc1c(N)nc(SC(C=O)c2ccccc2)c(C#N)c1-c1ccc(N=O)cc1. The molecule has 0 bridgehead atoms. The molecule has 1 unspecified atom stereocenters. The third kappa shape index (κ3) is 5.55. The Bertz CT molecular complexity index is 1170. The summed E-state index contributed by atoms with van der Waals surface area (Å²) in [5, 5.41) is 21.9. The van der Waals surface area contributed by atoms with Crippen LogP contribution in [-0.2, 0) is 9.53 Å². The summed E-state index contributed by atoms with van der Waals surface area (Å²) in [7, 11) is 3.25. The number of aromatic nitrogens is 1. The maximum Gasteiger partial charge on any atom is 0.143 e. The summed E-state index contributed by atoms with van der Waals surface area (Å²) < 4.78 is 4.25. The second-order valence-electron chi connectivity index (χ2n) is 6.28. The number of thioether (sulfide) groups is 1. The molecule has 2 aromatic carbocycles. The second kappa shape index (κ2) is 12.0. The van der Waals surface area contributed by atoms with Gasteiger partial charge in [-0.25, -0.2) is 4.98 Å². The molecule has 0 aliphatic carbocycles. The van der Waals surface area contributed by atoms with E-state index in [1.165, 1.54) is 12.1 Å².